The molecule has 166 valence electrons. The Bertz CT molecular complexity index is 298. The van der Waals surface area contributed by atoms with Crippen LogP contribution in [0.1, 0.15) is 27.7 Å². The Morgan fingerprint density at radius 3 is 1.58 bits per heavy atom. The number of nitrogens with one attached hydrogen (secondary N) is 1. The van der Waals surface area contributed by atoms with Gasteiger partial charge in [-0.05, 0) is 23.9 Å². The van der Waals surface area contributed by atoms with Crippen LogP contribution < -0.4 is 16.8 Å². The predicted molar refractivity (Wildman–Crippen MR) is 128 cm³/mol. The van der Waals surface area contributed by atoms with Crippen molar-refractivity contribution in [1.29, 1.82) is 0 Å². The minimum atomic E-state index is 0. The number of hydrogen-bond donors (Lipinski definition) is 3. The second-order valence-electron chi connectivity index (χ2n) is 8.03. The molecule has 1 aliphatic heterocycles. The van der Waals surface area contributed by atoms with Gasteiger partial charge in [0.1, 0.15) is 0 Å². The zero-order chi connectivity index (χ0) is 15.9. The van der Waals surface area contributed by atoms with Crippen LogP contribution in [-0.2, 0) is 0 Å². The van der Waals surface area contributed by atoms with E-state index in [2.05, 4.69) is 42.8 Å². The van der Waals surface area contributed by atoms with E-state index in [1.807, 2.05) is 0 Å². The Morgan fingerprint density at radius 2 is 1.15 bits per heavy atom. The summed E-state index contributed by atoms with van der Waals surface area (Å²) in [4.78, 5) is 5.10. The smallest absolute Gasteiger partial charge is 0.0110 e. The standard InChI is InChI=1S/C16H37N5.5ClH/c1-15(2,11-17)13-19-5-6-20-7-9-21(10-8-20)14-16(3,4)12-18;;;;;/h19H,5-14,17-18H2,1-4H3;5*1H. The molecule has 0 atom stereocenters. The van der Waals surface area contributed by atoms with Gasteiger partial charge in [-0.1, -0.05) is 27.7 Å². The number of nitrogens with two attached hydrogens (primary N) is 2. The first kappa shape index (κ1) is 37.9. The highest BCUT2D eigenvalue weighted by Gasteiger charge is 2.23. The van der Waals surface area contributed by atoms with E-state index >= 15 is 0 Å². The zero-order valence-electron chi connectivity index (χ0n) is 16.7. The maximum absolute atomic E-state index is 5.82. The average Bonchev–Trinajstić information content (AvgIpc) is 2.45. The van der Waals surface area contributed by atoms with Crippen LogP contribution in [0.4, 0.5) is 0 Å². The molecule has 0 unspecified atom stereocenters. The molecular formula is C16H42Cl5N5. The Morgan fingerprint density at radius 1 is 0.731 bits per heavy atom. The van der Waals surface area contributed by atoms with Crippen molar-refractivity contribution in [3.63, 3.8) is 0 Å². The molecule has 26 heavy (non-hydrogen) atoms. The lowest BCUT2D eigenvalue weighted by Gasteiger charge is -2.38. The molecule has 1 saturated heterocycles. The first-order chi connectivity index (χ1) is 9.78. The molecule has 1 heterocycles. The van der Waals surface area contributed by atoms with Crippen LogP contribution in [0.2, 0.25) is 0 Å². The summed E-state index contributed by atoms with van der Waals surface area (Å²) in [5.74, 6) is 0. The van der Waals surface area contributed by atoms with Crippen molar-refractivity contribution in [2.75, 3.05) is 65.4 Å². The molecule has 0 amide bonds. The molecule has 0 bridgehead atoms. The fourth-order valence-corrected chi connectivity index (χ4v) is 2.58. The maximum Gasteiger partial charge on any atom is 0.0110 e. The highest BCUT2D eigenvalue weighted by molar-refractivity contribution is 5.86. The lowest BCUT2D eigenvalue weighted by Crippen LogP contribution is -2.51. The molecule has 0 saturated carbocycles. The number of nitrogens with zero attached hydrogens (tertiary/aromatic N) is 2. The van der Waals surface area contributed by atoms with Crippen LogP contribution >= 0.6 is 62.0 Å². The van der Waals surface area contributed by atoms with E-state index in [1.54, 1.807) is 0 Å². The molecule has 1 rings (SSSR count). The lowest BCUT2D eigenvalue weighted by molar-refractivity contribution is 0.0994. The Kier molecular flexibility index (Phi) is 26.7. The van der Waals surface area contributed by atoms with Crippen molar-refractivity contribution < 1.29 is 0 Å². The minimum absolute atomic E-state index is 0. The summed E-state index contributed by atoms with van der Waals surface area (Å²) in [6.45, 7) is 19.4. The van der Waals surface area contributed by atoms with E-state index in [0.29, 0.717) is 0 Å². The highest BCUT2D eigenvalue weighted by atomic mass is 35.5. The van der Waals surface area contributed by atoms with Gasteiger partial charge in [0.25, 0.3) is 0 Å². The van der Waals surface area contributed by atoms with Crippen molar-refractivity contribution in [2.24, 2.45) is 22.3 Å². The SMILES string of the molecule is CC(C)(CN)CNCCN1CCN(CC(C)(C)CN)CC1.Cl.Cl.Cl.Cl.Cl. The van der Waals surface area contributed by atoms with E-state index in [4.69, 9.17) is 11.5 Å². The molecule has 1 fully saturated rings. The Hall–Kier alpha value is 1.25. The van der Waals surface area contributed by atoms with Gasteiger partial charge in [0.05, 0.1) is 0 Å². The summed E-state index contributed by atoms with van der Waals surface area (Å²) < 4.78 is 0. The summed E-state index contributed by atoms with van der Waals surface area (Å²) >= 11 is 0. The van der Waals surface area contributed by atoms with Crippen LogP contribution in [0, 0.1) is 10.8 Å². The van der Waals surface area contributed by atoms with E-state index in [9.17, 15) is 0 Å². The molecule has 10 heteroatoms. The first-order valence-corrected chi connectivity index (χ1v) is 8.34. The predicted octanol–water partition coefficient (Wildman–Crippen LogP) is 2.27. The van der Waals surface area contributed by atoms with Gasteiger partial charge in [0, 0.05) is 52.4 Å². The normalized spacial score (nSPS) is 15.5. The van der Waals surface area contributed by atoms with Crippen molar-refractivity contribution >= 4 is 62.0 Å². The third kappa shape index (κ3) is 16.2. The molecular weight excluding hydrogens is 439 g/mol. The van der Waals surface area contributed by atoms with Gasteiger partial charge in [0.2, 0.25) is 0 Å². The van der Waals surface area contributed by atoms with Gasteiger partial charge in [-0.3, -0.25) is 4.90 Å². The minimum Gasteiger partial charge on any atom is -0.330 e. The van der Waals surface area contributed by atoms with Crippen molar-refractivity contribution in [2.45, 2.75) is 27.7 Å². The second-order valence-corrected chi connectivity index (χ2v) is 8.03. The fraction of sp³-hybridized carbons (Fsp3) is 1.00. The van der Waals surface area contributed by atoms with Crippen molar-refractivity contribution in [1.82, 2.24) is 15.1 Å². The summed E-state index contributed by atoms with van der Waals surface area (Å²) in [6, 6.07) is 0. The Labute approximate surface area is 192 Å². The van der Waals surface area contributed by atoms with E-state index in [-0.39, 0.29) is 72.9 Å². The molecule has 0 spiro atoms. The van der Waals surface area contributed by atoms with Crippen LogP contribution in [0.3, 0.4) is 0 Å². The molecule has 0 aromatic carbocycles. The van der Waals surface area contributed by atoms with Crippen LogP contribution in [0.5, 0.6) is 0 Å². The molecule has 0 aliphatic carbocycles. The van der Waals surface area contributed by atoms with Crippen LogP contribution in [-0.4, -0.2) is 75.2 Å². The topological polar surface area (TPSA) is 70.5 Å². The largest absolute Gasteiger partial charge is 0.330 e. The lowest BCUT2D eigenvalue weighted by atomic mass is 9.93. The number of hydrogen-bond acceptors (Lipinski definition) is 5. The summed E-state index contributed by atoms with van der Waals surface area (Å²) in [5.41, 5.74) is 12.0. The monoisotopic (exact) mass is 479 g/mol. The molecule has 1 aliphatic rings. The fourth-order valence-electron chi connectivity index (χ4n) is 2.58. The first-order valence-electron chi connectivity index (χ1n) is 8.34. The van der Waals surface area contributed by atoms with Gasteiger partial charge in [-0.15, -0.1) is 62.0 Å². The highest BCUT2D eigenvalue weighted by Crippen LogP contribution is 2.16. The second kappa shape index (κ2) is 18.3. The molecule has 5 nitrogen and oxygen atoms in total. The quantitative estimate of drug-likeness (QED) is 0.441. The summed E-state index contributed by atoms with van der Waals surface area (Å²) in [5, 5.41) is 3.53. The molecule has 0 aromatic heterocycles. The van der Waals surface area contributed by atoms with Crippen LogP contribution in [0.25, 0.3) is 0 Å². The number of halogens is 5. The van der Waals surface area contributed by atoms with Gasteiger partial charge >= 0.3 is 0 Å². The van der Waals surface area contributed by atoms with Crippen molar-refractivity contribution in [3.05, 3.63) is 0 Å². The zero-order valence-corrected chi connectivity index (χ0v) is 20.7. The van der Waals surface area contributed by atoms with Crippen LogP contribution in [0.15, 0.2) is 0 Å². The van der Waals surface area contributed by atoms with Gasteiger partial charge in [-0.25, -0.2) is 0 Å². The average molecular weight is 482 g/mol. The number of rotatable bonds is 9. The maximum atomic E-state index is 5.82. The number of piperazine rings is 1. The summed E-state index contributed by atoms with van der Waals surface area (Å²) in [6.07, 6.45) is 0. The molecule has 5 N–H and O–H groups in total. The van der Waals surface area contributed by atoms with E-state index in [0.717, 1.165) is 52.4 Å². The van der Waals surface area contributed by atoms with Crippen molar-refractivity contribution in [3.8, 4) is 0 Å². The van der Waals surface area contributed by atoms with Gasteiger partial charge in [-0.2, -0.15) is 0 Å². The third-order valence-electron chi connectivity index (χ3n) is 4.43. The van der Waals surface area contributed by atoms with Gasteiger partial charge in [0.15, 0.2) is 0 Å². The molecule has 0 radical (unpaired) electrons. The Balaban J connectivity index is -0.000000294. The van der Waals surface area contributed by atoms with E-state index < -0.39 is 0 Å². The summed E-state index contributed by atoms with van der Waals surface area (Å²) in [7, 11) is 0. The molecule has 0 aromatic rings. The van der Waals surface area contributed by atoms with Gasteiger partial charge < -0.3 is 21.7 Å². The third-order valence-corrected chi connectivity index (χ3v) is 4.43. The van der Waals surface area contributed by atoms with E-state index in [1.165, 1.54) is 13.1 Å².